The lowest BCUT2D eigenvalue weighted by Gasteiger charge is -2.51. The molecule has 0 amide bonds. The van der Waals surface area contributed by atoms with Gasteiger partial charge >= 0.3 is 5.97 Å². The number of hydrogen-bond acceptors (Lipinski definition) is 5. The summed E-state index contributed by atoms with van der Waals surface area (Å²) in [5.74, 6) is 0.632. The number of carbonyl (C=O) groups is 1. The quantitative estimate of drug-likeness (QED) is 0.404. The van der Waals surface area contributed by atoms with Crippen molar-refractivity contribution in [2.45, 2.75) is 25.3 Å². The van der Waals surface area contributed by atoms with E-state index in [1.807, 2.05) is 24.4 Å². The Balaban J connectivity index is 1.63. The number of piperidine rings is 1. The normalized spacial score (nSPS) is 35.4. The van der Waals surface area contributed by atoms with Crippen LogP contribution in [0.1, 0.15) is 19.3 Å². The van der Waals surface area contributed by atoms with E-state index in [0.717, 1.165) is 38.0 Å². The van der Waals surface area contributed by atoms with E-state index in [1.54, 1.807) is 0 Å². The zero-order valence-electron chi connectivity index (χ0n) is 13.8. The maximum atomic E-state index is 12.7. The van der Waals surface area contributed by atoms with Crippen molar-refractivity contribution in [1.82, 2.24) is 3.11 Å². The number of rotatable bonds is 2. The average molecular weight is 439 g/mol. The van der Waals surface area contributed by atoms with Crippen molar-refractivity contribution in [3.8, 4) is 0 Å². The van der Waals surface area contributed by atoms with E-state index in [2.05, 4.69) is 48.2 Å². The van der Waals surface area contributed by atoms with Gasteiger partial charge in [0.05, 0.1) is 24.3 Å². The van der Waals surface area contributed by atoms with Gasteiger partial charge in [0, 0.05) is 48.1 Å². The smallest absolute Gasteiger partial charge is 0.313 e. The molecule has 1 aromatic rings. The number of para-hydroxylation sites is 1. The molecule has 1 saturated heterocycles. The molecule has 4 rings (SSSR count). The first-order valence-electron chi connectivity index (χ1n) is 8.51. The minimum Gasteiger partial charge on any atom is -0.469 e. The van der Waals surface area contributed by atoms with Gasteiger partial charge in [0.1, 0.15) is 0 Å². The fourth-order valence-electron chi connectivity index (χ4n) is 4.72. The van der Waals surface area contributed by atoms with Gasteiger partial charge in [-0.15, -0.1) is 0 Å². The first-order valence-corrected chi connectivity index (χ1v) is 9.48. The Morgan fingerprint density at radius 1 is 1.38 bits per heavy atom. The second kappa shape index (κ2) is 6.29. The van der Waals surface area contributed by atoms with Crippen LogP contribution < -0.4 is 5.01 Å². The van der Waals surface area contributed by atoms with Gasteiger partial charge in [-0.25, -0.2) is 3.11 Å². The van der Waals surface area contributed by atoms with E-state index in [4.69, 9.17) is 4.74 Å². The van der Waals surface area contributed by atoms with Crippen molar-refractivity contribution in [2.24, 2.45) is 22.4 Å². The van der Waals surface area contributed by atoms with Gasteiger partial charge in [-0.05, 0) is 37.3 Å². The van der Waals surface area contributed by atoms with Crippen LogP contribution in [-0.4, -0.2) is 41.5 Å². The number of esters is 1. The number of benzene rings is 1. The predicted molar refractivity (Wildman–Crippen MR) is 102 cm³/mol. The Bertz CT molecular complexity index is 653. The third-order valence-corrected chi connectivity index (χ3v) is 6.71. The standard InChI is InChI=1S/C18H22IN3O2/c1-24-17(23)18-10-13-11-20-22(15-5-3-2-4-6-15)16(13)9-14(18)7-8-21(19)12-18/h2-6,11,13-14,16H,7-10,12H2,1H3/t13?,14?,16?,18-/m0/s1. The summed E-state index contributed by atoms with van der Waals surface area (Å²) in [5, 5.41) is 6.84. The molecule has 0 N–H and O–H groups in total. The lowest BCUT2D eigenvalue weighted by Crippen LogP contribution is -2.57. The first-order chi connectivity index (χ1) is 11.6. The van der Waals surface area contributed by atoms with Crippen molar-refractivity contribution >= 4 is 40.7 Å². The van der Waals surface area contributed by atoms with E-state index in [-0.39, 0.29) is 11.4 Å². The summed E-state index contributed by atoms with van der Waals surface area (Å²) in [7, 11) is 1.52. The number of ether oxygens (including phenoxy) is 1. The topological polar surface area (TPSA) is 45.1 Å². The lowest BCUT2D eigenvalue weighted by molar-refractivity contribution is -0.163. The Hall–Kier alpha value is -1.15. The maximum absolute atomic E-state index is 12.7. The molecule has 0 aromatic heterocycles. The molecule has 1 aliphatic carbocycles. The summed E-state index contributed by atoms with van der Waals surface area (Å²) in [5.41, 5.74) is 0.756. The van der Waals surface area contributed by atoms with E-state index in [1.165, 1.54) is 7.11 Å². The number of nitrogens with zero attached hydrogens (tertiary/aromatic N) is 3. The first kappa shape index (κ1) is 16.3. The second-order valence-electron chi connectivity index (χ2n) is 7.09. The monoisotopic (exact) mass is 439 g/mol. The summed E-state index contributed by atoms with van der Waals surface area (Å²) >= 11 is 2.34. The molecular weight excluding hydrogens is 417 g/mol. The van der Waals surface area contributed by atoms with Gasteiger partial charge in [-0.2, -0.15) is 5.10 Å². The Morgan fingerprint density at radius 2 is 2.17 bits per heavy atom. The van der Waals surface area contributed by atoms with Gasteiger partial charge in [0.15, 0.2) is 0 Å². The molecule has 5 nitrogen and oxygen atoms in total. The van der Waals surface area contributed by atoms with Crippen LogP contribution >= 0.6 is 22.9 Å². The number of halogens is 1. The highest BCUT2D eigenvalue weighted by molar-refractivity contribution is 14.1. The molecule has 2 fully saturated rings. The minimum atomic E-state index is -0.381. The maximum Gasteiger partial charge on any atom is 0.313 e. The lowest BCUT2D eigenvalue weighted by atomic mass is 9.59. The number of carbonyl (C=O) groups excluding carboxylic acids is 1. The van der Waals surface area contributed by atoms with E-state index >= 15 is 0 Å². The van der Waals surface area contributed by atoms with Crippen LogP contribution in [0.25, 0.3) is 0 Å². The third-order valence-electron chi connectivity index (χ3n) is 5.88. The molecule has 3 aliphatic rings. The van der Waals surface area contributed by atoms with Crippen molar-refractivity contribution in [1.29, 1.82) is 0 Å². The summed E-state index contributed by atoms with van der Waals surface area (Å²) in [6.07, 6.45) is 4.93. The number of hydrazone groups is 1. The van der Waals surface area contributed by atoms with Gasteiger partial charge in [-0.3, -0.25) is 9.80 Å². The van der Waals surface area contributed by atoms with Crippen LogP contribution in [0.15, 0.2) is 35.4 Å². The van der Waals surface area contributed by atoms with Crippen LogP contribution in [0.4, 0.5) is 5.69 Å². The van der Waals surface area contributed by atoms with Crippen LogP contribution in [-0.2, 0) is 9.53 Å². The van der Waals surface area contributed by atoms with Crippen molar-refractivity contribution < 1.29 is 9.53 Å². The zero-order valence-corrected chi connectivity index (χ0v) is 15.9. The molecule has 128 valence electrons. The predicted octanol–water partition coefficient (Wildman–Crippen LogP) is 3.10. The number of anilines is 1. The largest absolute Gasteiger partial charge is 0.469 e. The second-order valence-corrected chi connectivity index (χ2v) is 8.46. The molecule has 0 radical (unpaired) electrons. The molecule has 24 heavy (non-hydrogen) atoms. The van der Waals surface area contributed by atoms with Crippen molar-refractivity contribution in [3.63, 3.8) is 0 Å². The average Bonchev–Trinajstić information content (AvgIpc) is 3.02. The fraction of sp³-hybridized carbons (Fsp3) is 0.556. The third kappa shape index (κ3) is 2.54. The molecule has 3 unspecified atom stereocenters. The summed E-state index contributed by atoms with van der Waals surface area (Å²) < 4.78 is 7.47. The van der Waals surface area contributed by atoms with Crippen molar-refractivity contribution in [3.05, 3.63) is 30.3 Å². The van der Waals surface area contributed by atoms with E-state index < -0.39 is 0 Å². The SMILES string of the molecule is COC(=O)[C@]12CC3C=NN(c4ccccc4)C3CC1CCN(I)C2. The molecule has 1 saturated carbocycles. The zero-order chi connectivity index (χ0) is 16.7. The highest BCUT2D eigenvalue weighted by Gasteiger charge is 2.57. The fourth-order valence-corrected chi connectivity index (χ4v) is 5.60. The Labute approximate surface area is 156 Å². The molecule has 2 heterocycles. The molecular formula is C18H22IN3O2. The number of methoxy groups -OCH3 is 1. The van der Waals surface area contributed by atoms with Gasteiger partial charge in [0.2, 0.25) is 0 Å². The molecule has 6 heteroatoms. The summed E-state index contributed by atoms with van der Waals surface area (Å²) in [6.45, 7) is 1.82. The summed E-state index contributed by atoms with van der Waals surface area (Å²) in [4.78, 5) is 12.7. The molecule has 1 aromatic carbocycles. The van der Waals surface area contributed by atoms with Crippen LogP contribution in [0.2, 0.25) is 0 Å². The molecule has 0 bridgehead atoms. The van der Waals surface area contributed by atoms with Gasteiger partial charge in [-0.1, -0.05) is 18.2 Å². The highest BCUT2D eigenvalue weighted by atomic mass is 127. The van der Waals surface area contributed by atoms with Crippen molar-refractivity contribution in [2.75, 3.05) is 25.2 Å². The van der Waals surface area contributed by atoms with Gasteiger partial charge in [0.25, 0.3) is 0 Å². The van der Waals surface area contributed by atoms with Crippen LogP contribution in [0, 0.1) is 17.3 Å². The van der Waals surface area contributed by atoms with Gasteiger partial charge < -0.3 is 4.74 Å². The molecule has 4 atom stereocenters. The van der Waals surface area contributed by atoms with E-state index in [9.17, 15) is 4.79 Å². The Kier molecular flexibility index (Phi) is 4.28. The molecule has 2 aliphatic heterocycles. The minimum absolute atomic E-state index is 0.0427. The van der Waals surface area contributed by atoms with Crippen LogP contribution in [0.5, 0.6) is 0 Å². The van der Waals surface area contributed by atoms with Crippen LogP contribution in [0.3, 0.4) is 0 Å². The van der Waals surface area contributed by atoms with E-state index in [0.29, 0.717) is 17.9 Å². The number of hydrogen-bond donors (Lipinski definition) is 0. The highest BCUT2D eigenvalue weighted by Crippen LogP contribution is 2.52. The number of fused-ring (bicyclic) bond motifs is 2. The molecule has 0 spiro atoms. The summed E-state index contributed by atoms with van der Waals surface area (Å²) in [6, 6.07) is 10.7. The Morgan fingerprint density at radius 3 is 2.92 bits per heavy atom.